The Morgan fingerprint density at radius 3 is 2.17 bits per heavy atom. The summed E-state index contributed by atoms with van der Waals surface area (Å²) < 4.78 is 0. The molecule has 0 saturated carbocycles. The van der Waals surface area contributed by atoms with E-state index in [9.17, 15) is 19.5 Å². The molecule has 0 spiro atoms. The van der Waals surface area contributed by atoms with E-state index in [2.05, 4.69) is 10.6 Å². The molecule has 2 amide bonds. The van der Waals surface area contributed by atoms with Gasteiger partial charge in [0, 0.05) is 24.6 Å². The van der Waals surface area contributed by atoms with E-state index in [0.717, 1.165) is 16.7 Å². The van der Waals surface area contributed by atoms with Gasteiger partial charge in [0.25, 0.3) is 5.91 Å². The Balaban J connectivity index is 1.70. The van der Waals surface area contributed by atoms with Crippen LogP contribution in [0.5, 0.6) is 0 Å². The van der Waals surface area contributed by atoms with Gasteiger partial charge >= 0.3 is 5.97 Å². The minimum absolute atomic E-state index is 0.154. The molecule has 0 heterocycles. The van der Waals surface area contributed by atoms with Crippen LogP contribution in [-0.4, -0.2) is 28.9 Å². The number of rotatable bonds is 7. The SMILES string of the molecule is CC(=O)Nc1cccc(C(=O)N[C@@H](Cc2ccc(-c3ccccc3)cc2)C(=O)O)c1. The fourth-order valence-electron chi connectivity index (χ4n) is 3.08. The van der Waals surface area contributed by atoms with E-state index in [1.165, 1.54) is 13.0 Å². The van der Waals surface area contributed by atoms with Crippen LogP contribution in [0.4, 0.5) is 5.69 Å². The van der Waals surface area contributed by atoms with E-state index < -0.39 is 17.9 Å². The molecule has 3 aromatic rings. The van der Waals surface area contributed by atoms with Crippen LogP contribution in [0.3, 0.4) is 0 Å². The van der Waals surface area contributed by atoms with Crippen molar-refractivity contribution in [1.82, 2.24) is 5.32 Å². The number of anilines is 1. The Morgan fingerprint density at radius 2 is 1.53 bits per heavy atom. The molecule has 152 valence electrons. The summed E-state index contributed by atoms with van der Waals surface area (Å²) in [5, 5.41) is 14.7. The monoisotopic (exact) mass is 402 g/mol. The van der Waals surface area contributed by atoms with Gasteiger partial charge in [-0.3, -0.25) is 9.59 Å². The molecule has 3 aromatic carbocycles. The van der Waals surface area contributed by atoms with Crippen LogP contribution in [-0.2, 0) is 16.0 Å². The molecule has 3 rings (SSSR count). The summed E-state index contributed by atoms with van der Waals surface area (Å²) in [5.41, 5.74) is 3.65. The average Bonchev–Trinajstić information content (AvgIpc) is 2.74. The Morgan fingerprint density at radius 1 is 0.867 bits per heavy atom. The van der Waals surface area contributed by atoms with Gasteiger partial charge in [-0.25, -0.2) is 4.79 Å². The number of aliphatic carboxylic acids is 1. The van der Waals surface area contributed by atoms with E-state index in [-0.39, 0.29) is 17.9 Å². The van der Waals surface area contributed by atoms with Gasteiger partial charge in [0.15, 0.2) is 0 Å². The van der Waals surface area contributed by atoms with Crippen molar-refractivity contribution in [2.24, 2.45) is 0 Å². The van der Waals surface area contributed by atoms with Crippen LogP contribution in [0.25, 0.3) is 11.1 Å². The number of carboxylic acids is 1. The second kappa shape index (κ2) is 9.52. The maximum atomic E-state index is 12.5. The second-order valence-electron chi connectivity index (χ2n) is 6.89. The van der Waals surface area contributed by atoms with Crippen LogP contribution < -0.4 is 10.6 Å². The molecule has 0 bridgehead atoms. The fourth-order valence-corrected chi connectivity index (χ4v) is 3.08. The van der Waals surface area contributed by atoms with Crippen molar-refractivity contribution >= 4 is 23.5 Å². The van der Waals surface area contributed by atoms with E-state index in [1.807, 2.05) is 54.6 Å². The largest absolute Gasteiger partial charge is 0.480 e. The lowest BCUT2D eigenvalue weighted by Crippen LogP contribution is -2.42. The quantitative estimate of drug-likeness (QED) is 0.561. The molecule has 3 N–H and O–H groups in total. The molecule has 6 nitrogen and oxygen atoms in total. The summed E-state index contributed by atoms with van der Waals surface area (Å²) in [4.78, 5) is 35.4. The maximum Gasteiger partial charge on any atom is 0.326 e. The van der Waals surface area contributed by atoms with Gasteiger partial charge < -0.3 is 15.7 Å². The molecule has 0 aliphatic carbocycles. The molecule has 0 fully saturated rings. The number of carboxylic acid groups (broad SMARTS) is 1. The van der Waals surface area contributed by atoms with Crippen LogP contribution in [0, 0.1) is 0 Å². The van der Waals surface area contributed by atoms with Gasteiger partial charge in [-0.2, -0.15) is 0 Å². The van der Waals surface area contributed by atoms with E-state index >= 15 is 0 Å². The number of nitrogens with one attached hydrogen (secondary N) is 2. The summed E-state index contributed by atoms with van der Waals surface area (Å²) in [5.74, 6) is -1.89. The van der Waals surface area contributed by atoms with Crippen molar-refractivity contribution in [2.45, 2.75) is 19.4 Å². The van der Waals surface area contributed by atoms with Gasteiger partial charge in [0.05, 0.1) is 0 Å². The normalized spacial score (nSPS) is 11.4. The predicted octanol–water partition coefficient (Wildman–Crippen LogP) is 3.74. The number of benzene rings is 3. The molecule has 0 radical (unpaired) electrons. The fraction of sp³-hybridized carbons (Fsp3) is 0.125. The first-order valence-corrected chi connectivity index (χ1v) is 9.48. The van der Waals surface area contributed by atoms with E-state index in [1.54, 1.807) is 18.2 Å². The molecule has 30 heavy (non-hydrogen) atoms. The molecule has 0 unspecified atom stereocenters. The summed E-state index contributed by atoms with van der Waals surface area (Å²) >= 11 is 0. The molecule has 0 aromatic heterocycles. The Hall–Kier alpha value is -3.93. The standard InChI is InChI=1S/C24H22N2O4/c1-16(27)25-21-9-5-8-20(15-21)23(28)26-22(24(29)30)14-17-10-12-19(13-11-17)18-6-3-2-4-7-18/h2-13,15,22H,14H2,1H3,(H,25,27)(H,26,28)(H,29,30)/t22-/m0/s1. The number of carbonyl (C=O) groups excluding carboxylic acids is 2. The molecule has 0 aliphatic heterocycles. The number of hydrogen-bond donors (Lipinski definition) is 3. The summed E-state index contributed by atoms with van der Waals surface area (Å²) in [6, 6.07) is 22.7. The van der Waals surface area contributed by atoms with E-state index in [0.29, 0.717) is 5.69 Å². The number of amides is 2. The highest BCUT2D eigenvalue weighted by Crippen LogP contribution is 2.20. The van der Waals surface area contributed by atoms with Crippen molar-refractivity contribution < 1.29 is 19.5 Å². The van der Waals surface area contributed by atoms with Crippen molar-refractivity contribution in [1.29, 1.82) is 0 Å². The third-order valence-corrected chi connectivity index (χ3v) is 4.55. The first kappa shape index (κ1) is 20.8. The zero-order valence-electron chi connectivity index (χ0n) is 16.5. The molecular formula is C24H22N2O4. The molecular weight excluding hydrogens is 380 g/mol. The predicted molar refractivity (Wildman–Crippen MR) is 115 cm³/mol. The zero-order chi connectivity index (χ0) is 21.5. The lowest BCUT2D eigenvalue weighted by molar-refractivity contribution is -0.139. The lowest BCUT2D eigenvalue weighted by atomic mass is 10.0. The maximum absolute atomic E-state index is 12.5. The van der Waals surface area contributed by atoms with Gasteiger partial charge in [-0.1, -0.05) is 60.7 Å². The summed E-state index contributed by atoms with van der Waals surface area (Å²) in [6.07, 6.45) is 0.154. The highest BCUT2D eigenvalue weighted by Gasteiger charge is 2.21. The summed E-state index contributed by atoms with van der Waals surface area (Å²) in [7, 11) is 0. The molecule has 0 saturated heterocycles. The zero-order valence-corrected chi connectivity index (χ0v) is 16.5. The van der Waals surface area contributed by atoms with Crippen LogP contribution in [0.2, 0.25) is 0 Å². The Kier molecular flexibility index (Phi) is 6.60. The van der Waals surface area contributed by atoms with Gasteiger partial charge in [-0.05, 0) is 34.9 Å². The lowest BCUT2D eigenvalue weighted by Gasteiger charge is -2.15. The van der Waals surface area contributed by atoms with Gasteiger partial charge in [-0.15, -0.1) is 0 Å². The third-order valence-electron chi connectivity index (χ3n) is 4.55. The minimum Gasteiger partial charge on any atom is -0.480 e. The molecule has 0 aliphatic rings. The van der Waals surface area contributed by atoms with Crippen LogP contribution >= 0.6 is 0 Å². The highest BCUT2D eigenvalue weighted by atomic mass is 16.4. The van der Waals surface area contributed by atoms with Crippen LogP contribution in [0.1, 0.15) is 22.8 Å². The van der Waals surface area contributed by atoms with Crippen molar-refractivity contribution in [3.05, 3.63) is 90.0 Å². The first-order valence-electron chi connectivity index (χ1n) is 9.48. The van der Waals surface area contributed by atoms with Crippen molar-refractivity contribution in [3.63, 3.8) is 0 Å². The molecule has 1 atom stereocenters. The smallest absolute Gasteiger partial charge is 0.326 e. The minimum atomic E-state index is -1.12. The van der Waals surface area contributed by atoms with Gasteiger partial charge in [0.2, 0.25) is 5.91 Å². The van der Waals surface area contributed by atoms with E-state index in [4.69, 9.17) is 0 Å². The first-order chi connectivity index (χ1) is 14.4. The average molecular weight is 402 g/mol. The number of carbonyl (C=O) groups is 3. The van der Waals surface area contributed by atoms with Crippen LogP contribution in [0.15, 0.2) is 78.9 Å². The van der Waals surface area contributed by atoms with Crippen molar-refractivity contribution in [3.8, 4) is 11.1 Å². The topological polar surface area (TPSA) is 95.5 Å². The highest BCUT2D eigenvalue weighted by molar-refractivity contribution is 5.98. The van der Waals surface area contributed by atoms with Gasteiger partial charge in [0.1, 0.15) is 6.04 Å². The second-order valence-corrected chi connectivity index (χ2v) is 6.89. The molecule has 6 heteroatoms. The Labute approximate surface area is 174 Å². The van der Waals surface area contributed by atoms with Crippen molar-refractivity contribution in [2.75, 3.05) is 5.32 Å². The number of hydrogen-bond acceptors (Lipinski definition) is 3. The third kappa shape index (κ3) is 5.54. The summed E-state index contributed by atoms with van der Waals surface area (Å²) in [6.45, 7) is 1.37. The Bertz CT molecular complexity index is 1050.